The number of rotatable bonds is 12. The Morgan fingerprint density at radius 2 is 1.59 bits per heavy atom. The summed E-state index contributed by atoms with van der Waals surface area (Å²) in [7, 11) is 0. The average Bonchev–Trinajstić information content (AvgIpc) is 2.98. The molecule has 0 bridgehead atoms. The van der Waals surface area contributed by atoms with Gasteiger partial charge < -0.3 is 21.5 Å². The summed E-state index contributed by atoms with van der Waals surface area (Å²) in [5.74, 6) is -3.85. The predicted octanol–water partition coefficient (Wildman–Crippen LogP) is -0.207. The predicted molar refractivity (Wildman–Crippen MR) is 111 cm³/mol. The first-order valence-corrected chi connectivity index (χ1v) is 10.2. The summed E-state index contributed by atoms with van der Waals surface area (Å²) >= 11 is 0. The van der Waals surface area contributed by atoms with Crippen LogP contribution in [0.2, 0.25) is 0 Å². The Morgan fingerprint density at radius 1 is 1.00 bits per heavy atom. The number of hydrogen-bond donors (Lipinski definition) is 4. The van der Waals surface area contributed by atoms with E-state index >= 15 is 0 Å². The molecule has 2 atom stereocenters. The van der Waals surface area contributed by atoms with Crippen LogP contribution in [0.1, 0.15) is 59.7 Å². The summed E-state index contributed by atoms with van der Waals surface area (Å²) in [6.07, 6.45) is 0.489. The fourth-order valence-corrected chi connectivity index (χ4v) is 3.22. The van der Waals surface area contributed by atoms with Crippen molar-refractivity contribution >= 4 is 35.5 Å². The molecule has 0 fully saturated rings. The second-order valence-electron chi connectivity index (χ2n) is 7.46. The lowest BCUT2D eigenvalue weighted by Crippen LogP contribution is -2.50. The van der Waals surface area contributed by atoms with E-state index in [0.717, 1.165) is 4.90 Å². The zero-order valence-corrected chi connectivity index (χ0v) is 17.6. The van der Waals surface area contributed by atoms with E-state index in [9.17, 15) is 28.8 Å². The van der Waals surface area contributed by atoms with Gasteiger partial charge >= 0.3 is 5.97 Å². The molecular weight excluding hydrogens is 420 g/mol. The van der Waals surface area contributed by atoms with Crippen molar-refractivity contribution < 1.29 is 33.9 Å². The van der Waals surface area contributed by atoms with Gasteiger partial charge in [-0.15, -0.1) is 0 Å². The molecule has 0 spiro atoms. The van der Waals surface area contributed by atoms with Crippen LogP contribution >= 0.6 is 0 Å². The summed E-state index contributed by atoms with van der Waals surface area (Å²) in [4.78, 5) is 71.9. The second-order valence-corrected chi connectivity index (χ2v) is 7.46. The number of carboxylic acid groups (broad SMARTS) is 1. The van der Waals surface area contributed by atoms with Crippen molar-refractivity contribution in [2.24, 2.45) is 5.73 Å². The summed E-state index contributed by atoms with van der Waals surface area (Å²) in [6, 6.07) is 4.27. The number of imide groups is 1. The van der Waals surface area contributed by atoms with Gasteiger partial charge in [0.2, 0.25) is 17.7 Å². The molecule has 11 nitrogen and oxygen atoms in total. The number of benzene rings is 1. The van der Waals surface area contributed by atoms with Gasteiger partial charge in [0.15, 0.2) is 0 Å². The quantitative estimate of drug-likeness (QED) is 0.254. The summed E-state index contributed by atoms with van der Waals surface area (Å²) in [5.41, 5.74) is 5.72. The minimum atomic E-state index is -1.31. The largest absolute Gasteiger partial charge is 0.480 e. The van der Waals surface area contributed by atoms with E-state index in [-0.39, 0.29) is 37.6 Å². The van der Waals surface area contributed by atoms with Crippen LogP contribution in [-0.4, -0.2) is 64.1 Å². The normalized spacial score (nSPS) is 14.5. The highest BCUT2D eigenvalue weighted by Crippen LogP contribution is 2.22. The number of fused-ring (bicyclic) bond motifs is 1. The number of primary amides is 1. The topological polar surface area (TPSA) is 176 Å². The Hall–Kier alpha value is -3.76. The molecule has 2 rings (SSSR count). The van der Waals surface area contributed by atoms with Gasteiger partial charge in [0.25, 0.3) is 11.8 Å². The molecule has 1 aromatic carbocycles. The molecule has 5 N–H and O–H groups in total. The summed E-state index contributed by atoms with van der Waals surface area (Å²) in [6.45, 7) is 1.58. The monoisotopic (exact) mass is 446 g/mol. The van der Waals surface area contributed by atoms with Crippen LogP contribution in [0.4, 0.5) is 0 Å². The van der Waals surface area contributed by atoms with Crippen LogP contribution in [-0.2, 0) is 19.2 Å². The Labute approximate surface area is 184 Å². The Morgan fingerprint density at radius 3 is 2.12 bits per heavy atom. The molecule has 32 heavy (non-hydrogen) atoms. The molecule has 0 aliphatic carbocycles. The number of unbranched alkanes of at least 4 members (excludes halogenated alkanes) is 1. The molecule has 0 saturated carbocycles. The van der Waals surface area contributed by atoms with Crippen molar-refractivity contribution in [1.29, 1.82) is 0 Å². The lowest BCUT2D eigenvalue weighted by atomic mass is 10.1. The van der Waals surface area contributed by atoms with Crippen molar-refractivity contribution in [3.63, 3.8) is 0 Å². The van der Waals surface area contributed by atoms with Crippen LogP contribution < -0.4 is 16.4 Å². The number of nitrogens with zero attached hydrogens (tertiary/aromatic N) is 1. The second kappa shape index (κ2) is 11.0. The Bertz CT molecular complexity index is 895. The van der Waals surface area contributed by atoms with Crippen LogP contribution in [0.25, 0.3) is 0 Å². The van der Waals surface area contributed by atoms with Gasteiger partial charge in [-0.05, 0) is 38.3 Å². The first-order chi connectivity index (χ1) is 15.1. The molecule has 0 saturated heterocycles. The highest BCUT2D eigenvalue weighted by Gasteiger charge is 2.34. The molecule has 0 unspecified atom stereocenters. The number of nitrogens with two attached hydrogens (primary N) is 1. The highest BCUT2D eigenvalue weighted by atomic mass is 16.4. The average molecular weight is 446 g/mol. The number of amides is 5. The molecule has 1 aliphatic rings. The standard InChI is InChI=1S/C21H26N4O7/c1-12(18(28)24-15(21(31)32)9-10-16(22)26)23-17(27)8-4-5-11-25-19(29)13-6-2-3-7-14(13)20(25)30/h2-3,6-7,12,15H,4-5,8-11H2,1H3,(H2,22,26)(H,23,27)(H,24,28)(H,31,32)/t12-,15+/m0/s1. The van der Waals surface area contributed by atoms with E-state index in [4.69, 9.17) is 10.8 Å². The maximum absolute atomic E-state index is 12.3. The highest BCUT2D eigenvalue weighted by molar-refractivity contribution is 6.21. The lowest BCUT2D eigenvalue weighted by molar-refractivity contribution is -0.142. The van der Waals surface area contributed by atoms with Crippen LogP contribution in [0.5, 0.6) is 0 Å². The fraction of sp³-hybridized carbons (Fsp3) is 0.429. The smallest absolute Gasteiger partial charge is 0.326 e. The molecule has 1 heterocycles. The van der Waals surface area contributed by atoms with Crippen LogP contribution in [0.15, 0.2) is 24.3 Å². The Balaban J connectivity index is 1.73. The first-order valence-electron chi connectivity index (χ1n) is 10.2. The summed E-state index contributed by atoms with van der Waals surface area (Å²) in [5, 5.41) is 13.8. The molecule has 5 amide bonds. The molecule has 1 aromatic rings. The maximum Gasteiger partial charge on any atom is 0.326 e. The first kappa shape index (κ1) is 24.5. The molecule has 11 heteroatoms. The number of nitrogens with one attached hydrogen (secondary N) is 2. The molecule has 172 valence electrons. The van der Waals surface area contributed by atoms with E-state index < -0.39 is 35.8 Å². The Kier molecular flexibility index (Phi) is 8.45. The van der Waals surface area contributed by atoms with Crippen LogP contribution in [0, 0.1) is 0 Å². The van der Waals surface area contributed by atoms with Crippen molar-refractivity contribution in [3.05, 3.63) is 35.4 Å². The summed E-state index contributed by atoms with van der Waals surface area (Å²) < 4.78 is 0. The third-order valence-corrected chi connectivity index (χ3v) is 4.98. The van der Waals surface area contributed by atoms with Gasteiger partial charge in [-0.25, -0.2) is 4.79 Å². The van der Waals surface area contributed by atoms with E-state index in [1.165, 1.54) is 6.92 Å². The van der Waals surface area contributed by atoms with E-state index in [2.05, 4.69) is 10.6 Å². The number of carbonyl (C=O) groups is 6. The van der Waals surface area contributed by atoms with E-state index in [1.54, 1.807) is 24.3 Å². The van der Waals surface area contributed by atoms with E-state index in [0.29, 0.717) is 24.0 Å². The third-order valence-electron chi connectivity index (χ3n) is 4.98. The maximum atomic E-state index is 12.3. The van der Waals surface area contributed by atoms with Crippen molar-refractivity contribution in [1.82, 2.24) is 15.5 Å². The molecular formula is C21H26N4O7. The van der Waals surface area contributed by atoms with Gasteiger partial charge in [0, 0.05) is 19.4 Å². The number of hydrogen-bond acceptors (Lipinski definition) is 6. The third kappa shape index (κ3) is 6.37. The zero-order chi connectivity index (χ0) is 23.8. The molecule has 1 aliphatic heterocycles. The molecule has 0 radical (unpaired) electrons. The van der Waals surface area contributed by atoms with Gasteiger partial charge in [-0.3, -0.25) is 28.9 Å². The van der Waals surface area contributed by atoms with Gasteiger partial charge in [0.1, 0.15) is 12.1 Å². The fourth-order valence-electron chi connectivity index (χ4n) is 3.22. The SMILES string of the molecule is C[C@H](NC(=O)CCCCN1C(=O)c2ccccc2C1=O)C(=O)N[C@H](CCC(N)=O)C(=O)O. The number of aliphatic carboxylic acids is 1. The number of carboxylic acids is 1. The minimum Gasteiger partial charge on any atom is -0.480 e. The van der Waals surface area contributed by atoms with Crippen molar-refractivity contribution in [2.45, 2.75) is 51.1 Å². The minimum absolute atomic E-state index is 0.0603. The van der Waals surface area contributed by atoms with Crippen molar-refractivity contribution in [2.75, 3.05) is 6.54 Å². The van der Waals surface area contributed by atoms with Gasteiger partial charge in [-0.2, -0.15) is 0 Å². The number of carbonyl (C=O) groups excluding carboxylic acids is 5. The molecule has 0 aromatic heterocycles. The zero-order valence-electron chi connectivity index (χ0n) is 17.6. The van der Waals surface area contributed by atoms with Gasteiger partial charge in [0.05, 0.1) is 11.1 Å². The van der Waals surface area contributed by atoms with Gasteiger partial charge in [-0.1, -0.05) is 12.1 Å². The van der Waals surface area contributed by atoms with E-state index in [1.807, 2.05) is 0 Å². The lowest BCUT2D eigenvalue weighted by Gasteiger charge is -2.18. The van der Waals surface area contributed by atoms with Crippen molar-refractivity contribution in [3.8, 4) is 0 Å². The van der Waals surface area contributed by atoms with Crippen LogP contribution in [0.3, 0.4) is 0 Å².